The first-order chi connectivity index (χ1) is 8.22. The molecule has 0 amide bonds. The highest BCUT2D eigenvalue weighted by Crippen LogP contribution is 2.44. The quantitative estimate of drug-likeness (QED) is 0.583. The molecule has 0 saturated heterocycles. The van der Waals surface area contributed by atoms with Crippen LogP contribution in [-0.4, -0.2) is 17.4 Å². The Morgan fingerprint density at radius 1 is 1.18 bits per heavy atom. The molecule has 0 aromatic heterocycles. The van der Waals surface area contributed by atoms with Crippen molar-refractivity contribution in [1.82, 2.24) is 0 Å². The van der Waals surface area contributed by atoms with Crippen molar-refractivity contribution in [2.24, 2.45) is 17.8 Å². The number of rotatable bonds is 3. The number of carbonyl (C=O) groups excluding carboxylic acids is 1. The van der Waals surface area contributed by atoms with Gasteiger partial charge in [-0.3, -0.25) is 4.79 Å². The third kappa shape index (κ3) is 3.24. The van der Waals surface area contributed by atoms with E-state index in [4.69, 9.17) is 4.74 Å². The van der Waals surface area contributed by atoms with Gasteiger partial charge in [0.25, 0.3) is 0 Å². The molecule has 0 N–H and O–H groups in total. The van der Waals surface area contributed by atoms with Crippen LogP contribution in [0, 0.1) is 17.8 Å². The number of hydrogen-bond donors (Lipinski definition) is 0. The Balaban J connectivity index is 1.92. The minimum atomic E-state index is 0.0657. The molecule has 0 radical (unpaired) electrons. The predicted molar refractivity (Wildman–Crippen MR) is 72.1 cm³/mol. The summed E-state index contributed by atoms with van der Waals surface area (Å²) in [6, 6.07) is 0. The Kier molecular flexibility index (Phi) is 4.89. The Morgan fingerprint density at radius 2 is 1.88 bits per heavy atom. The van der Waals surface area contributed by atoms with Crippen LogP contribution in [-0.2, 0) is 9.53 Å². The van der Waals surface area contributed by atoms with Crippen LogP contribution < -0.4 is 0 Å². The average molecular weight is 303 g/mol. The maximum Gasteiger partial charge on any atom is 0.309 e. The molecule has 2 rings (SSSR count). The molecule has 2 atom stereocenters. The van der Waals surface area contributed by atoms with Crippen LogP contribution in [0.2, 0.25) is 0 Å². The monoisotopic (exact) mass is 302 g/mol. The molecule has 17 heavy (non-hydrogen) atoms. The van der Waals surface area contributed by atoms with Gasteiger partial charge in [-0.15, -0.1) is 0 Å². The van der Waals surface area contributed by atoms with Crippen molar-refractivity contribution in [2.75, 3.05) is 6.61 Å². The molecule has 0 aromatic rings. The Bertz CT molecular complexity index is 259. The van der Waals surface area contributed by atoms with E-state index in [1.807, 2.05) is 6.92 Å². The van der Waals surface area contributed by atoms with Crippen molar-refractivity contribution in [3.05, 3.63) is 0 Å². The molecule has 0 heterocycles. The Labute approximate surface area is 113 Å². The third-order valence-electron chi connectivity index (χ3n) is 4.47. The van der Waals surface area contributed by atoms with Crippen molar-refractivity contribution in [2.45, 2.75) is 56.7 Å². The summed E-state index contributed by atoms with van der Waals surface area (Å²) >= 11 is 3.70. The highest BCUT2D eigenvalue weighted by atomic mass is 79.9. The minimum absolute atomic E-state index is 0.0657. The molecular weight excluding hydrogens is 280 g/mol. The second-order valence-electron chi connectivity index (χ2n) is 5.47. The third-order valence-corrected chi connectivity index (χ3v) is 5.38. The number of carbonyl (C=O) groups is 1. The van der Waals surface area contributed by atoms with Crippen LogP contribution in [0.5, 0.6) is 0 Å². The predicted octanol–water partition coefficient (Wildman–Crippen LogP) is 3.92. The zero-order valence-corrected chi connectivity index (χ0v) is 12.2. The lowest BCUT2D eigenvalue weighted by Gasteiger charge is -2.32. The highest BCUT2D eigenvalue weighted by molar-refractivity contribution is 9.09. The molecule has 0 bridgehead atoms. The molecule has 98 valence electrons. The molecule has 2 aliphatic rings. The van der Waals surface area contributed by atoms with Crippen molar-refractivity contribution in [3.63, 3.8) is 0 Å². The second kappa shape index (κ2) is 6.21. The number of halogens is 1. The summed E-state index contributed by atoms with van der Waals surface area (Å²) < 4.78 is 5.22. The van der Waals surface area contributed by atoms with Gasteiger partial charge in [0, 0.05) is 4.83 Å². The number of alkyl halides is 1. The summed E-state index contributed by atoms with van der Waals surface area (Å²) in [5.41, 5.74) is 0. The first-order valence-corrected chi connectivity index (χ1v) is 7.94. The lowest BCUT2D eigenvalue weighted by Crippen LogP contribution is -2.29. The molecule has 2 aliphatic carbocycles. The minimum Gasteiger partial charge on any atom is -0.466 e. The van der Waals surface area contributed by atoms with E-state index in [-0.39, 0.29) is 11.9 Å². The van der Waals surface area contributed by atoms with Crippen molar-refractivity contribution in [3.8, 4) is 0 Å². The van der Waals surface area contributed by atoms with Gasteiger partial charge in [0.15, 0.2) is 0 Å². The van der Waals surface area contributed by atoms with Crippen molar-refractivity contribution in [1.29, 1.82) is 0 Å². The van der Waals surface area contributed by atoms with Gasteiger partial charge in [0.05, 0.1) is 12.5 Å². The van der Waals surface area contributed by atoms with Crippen LogP contribution in [0.1, 0.15) is 51.9 Å². The van der Waals surface area contributed by atoms with E-state index < -0.39 is 0 Å². The normalized spacial score (nSPS) is 38.0. The maximum absolute atomic E-state index is 11.9. The van der Waals surface area contributed by atoms with Gasteiger partial charge in [-0.25, -0.2) is 0 Å². The largest absolute Gasteiger partial charge is 0.466 e. The fourth-order valence-corrected chi connectivity index (χ4v) is 4.13. The van der Waals surface area contributed by atoms with Crippen LogP contribution in [0.4, 0.5) is 0 Å². The molecule has 0 aromatic carbocycles. The van der Waals surface area contributed by atoms with Gasteiger partial charge in [0.2, 0.25) is 0 Å². The van der Waals surface area contributed by atoms with E-state index in [1.165, 1.54) is 38.5 Å². The fourth-order valence-electron chi connectivity index (χ4n) is 3.60. The van der Waals surface area contributed by atoms with E-state index in [0.29, 0.717) is 17.4 Å². The Morgan fingerprint density at radius 3 is 2.53 bits per heavy atom. The number of esters is 1. The summed E-state index contributed by atoms with van der Waals surface area (Å²) in [4.78, 5) is 12.6. The van der Waals surface area contributed by atoms with Gasteiger partial charge in [-0.05, 0) is 57.3 Å². The van der Waals surface area contributed by atoms with E-state index in [0.717, 1.165) is 12.3 Å². The van der Waals surface area contributed by atoms with E-state index in [2.05, 4.69) is 15.9 Å². The van der Waals surface area contributed by atoms with E-state index in [9.17, 15) is 4.79 Å². The topological polar surface area (TPSA) is 26.3 Å². The summed E-state index contributed by atoms with van der Waals surface area (Å²) in [7, 11) is 0. The highest BCUT2D eigenvalue weighted by Gasteiger charge is 2.39. The molecule has 3 heteroatoms. The molecule has 0 aliphatic heterocycles. The van der Waals surface area contributed by atoms with Crippen LogP contribution in [0.25, 0.3) is 0 Å². The van der Waals surface area contributed by atoms with Crippen molar-refractivity contribution < 1.29 is 9.53 Å². The fraction of sp³-hybridized carbons (Fsp3) is 0.929. The van der Waals surface area contributed by atoms with E-state index in [1.54, 1.807) is 0 Å². The van der Waals surface area contributed by atoms with Crippen LogP contribution >= 0.6 is 15.9 Å². The summed E-state index contributed by atoms with van der Waals surface area (Å²) in [6.45, 7) is 2.42. The average Bonchev–Trinajstić information content (AvgIpc) is 2.79. The van der Waals surface area contributed by atoms with Gasteiger partial charge < -0.3 is 4.74 Å². The van der Waals surface area contributed by atoms with Crippen LogP contribution in [0.15, 0.2) is 0 Å². The van der Waals surface area contributed by atoms with Gasteiger partial charge >= 0.3 is 5.97 Å². The molecule has 0 spiro atoms. The van der Waals surface area contributed by atoms with E-state index >= 15 is 0 Å². The van der Waals surface area contributed by atoms with Crippen LogP contribution in [0.3, 0.4) is 0 Å². The standard InChI is InChI=1S/C14H23BrO2/c1-2-17-14(16)13-5-3-4-12(13)10-6-8-11(15)9-7-10/h10-13H,2-9H2,1H3/t10?,11?,12-,13-/m1/s1. The summed E-state index contributed by atoms with van der Waals surface area (Å²) in [5.74, 6) is 1.64. The zero-order chi connectivity index (χ0) is 12.3. The lowest BCUT2D eigenvalue weighted by molar-refractivity contribution is -0.150. The zero-order valence-electron chi connectivity index (χ0n) is 10.7. The number of hydrogen-bond acceptors (Lipinski definition) is 2. The lowest BCUT2D eigenvalue weighted by atomic mass is 9.75. The second-order valence-corrected chi connectivity index (χ2v) is 6.76. The summed E-state index contributed by atoms with van der Waals surface area (Å²) in [5, 5.41) is 0. The maximum atomic E-state index is 11.9. The Hall–Kier alpha value is -0.0500. The summed E-state index contributed by atoms with van der Waals surface area (Å²) in [6.07, 6.45) is 8.63. The smallest absolute Gasteiger partial charge is 0.309 e. The van der Waals surface area contributed by atoms with Gasteiger partial charge in [-0.2, -0.15) is 0 Å². The first-order valence-electron chi connectivity index (χ1n) is 7.03. The van der Waals surface area contributed by atoms with Crippen molar-refractivity contribution >= 4 is 21.9 Å². The molecular formula is C14H23BrO2. The SMILES string of the molecule is CCOC(=O)[C@@H]1CCC[C@@H]1C1CCC(Br)CC1. The molecule has 0 unspecified atom stereocenters. The number of ether oxygens (including phenoxy) is 1. The molecule has 2 fully saturated rings. The molecule has 2 saturated carbocycles. The first kappa shape index (κ1) is 13.4. The van der Waals surface area contributed by atoms with Gasteiger partial charge in [0.1, 0.15) is 0 Å². The molecule has 2 nitrogen and oxygen atoms in total. The van der Waals surface area contributed by atoms with Gasteiger partial charge in [-0.1, -0.05) is 22.4 Å².